The van der Waals surface area contributed by atoms with Gasteiger partial charge in [-0.15, -0.1) is 16.9 Å². The van der Waals surface area contributed by atoms with Crippen LogP contribution >= 0.6 is 11.3 Å². The first-order valence-corrected chi connectivity index (χ1v) is 11.8. The van der Waals surface area contributed by atoms with E-state index in [1.807, 2.05) is 35.5 Å². The van der Waals surface area contributed by atoms with Gasteiger partial charge in [0.15, 0.2) is 0 Å². The zero-order chi connectivity index (χ0) is 20.7. The highest BCUT2D eigenvalue weighted by molar-refractivity contribution is 7.12. The van der Waals surface area contributed by atoms with Crippen LogP contribution in [0, 0.1) is 0 Å². The van der Waals surface area contributed by atoms with Crippen molar-refractivity contribution in [2.45, 2.75) is 57.7 Å². The molecule has 2 aromatic heterocycles. The molecule has 0 bridgehead atoms. The van der Waals surface area contributed by atoms with Gasteiger partial charge in [0.2, 0.25) is 0 Å². The van der Waals surface area contributed by atoms with Crippen LogP contribution in [0.25, 0.3) is 0 Å². The van der Waals surface area contributed by atoms with Crippen molar-refractivity contribution >= 4 is 11.3 Å². The lowest BCUT2D eigenvalue weighted by molar-refractivity contribution is -0.109. The number of aryl methyl sites for hydroxylation is 2. The molecule has 1 spiro atoms. The van der Waals surface area contributed by atoms with Gasteiger partial charge in [0.1, 0.15) is 0 Å². The second-order valence-corrected chi connectivity index (χ2v) is 10.0. The molecule has 1 saturated heterocycles. The third kappa shape index (κ3) is 3.77. The molecule has 5 rings (SSSR count). The summed E-state index contributed by atoms with van der Waals surface area (Å²) in [5.74, 6) is 0. The highest BCUT2D eigenvalue weighted by Gasteiger charge is 2.44. The molecule has 0 radical (unpaired) electrons. The Hall–Kier alpha value is -1.87. The van der Waals surface area contributed by atoms with Gasteiger partial charge in [-0.25, -0.2) is 0 Å². The fourth-order valence-corrected chi connectivity index (χ4v) is 6.22. The number of thiophene rings is 1. The molecule has 3 aliphatic rings. The molecule has 2 atom stereocenters. The van der Waals surface area contributed by atoms with Gasteiger partial charge in [-0.05, 0) is 37.8 Å². The fraction of sp³-hybridized carbons (Fsp3) is 0.591. The Morgan fingerprint density at radius 3 is 3.03 bits per heavy atom. The number of ether oxygens (including phenoxy) is 1. The Labute approximate surface area is 182 Å². The van der Waals surface area contributed by atoms with Crippen LogP contribution in [-0.2, 0) is 36.8 Å². The summed E-state index contributed by atoms with van der Waals surface area (Å²) >= 11 is 2.00. The third-order valence-electron chi connectivity index (χ3n) is 6.61. The van der Waals surface area contributed by atoms with Gasteiger partial charge in [0.05, 0.1) is 30.6 Å². The van der Waals surface area contributed by atoms with Gasteiger partial charge < -0.3 is 10.2 Å². The smallest absolute Gasteiger partial charge is 0.0969 e. The number of rotatable bonds is 5. The first-order chi connectivity index (χ1) is 14.5. The fourth-order valence-electron chi connectivity index (χ4n) is 5.04. The van der Waals surface area contributed by atoms with Crippen LogP contribution in [-0.4, -0.2) is 45.4 Å². The lowest BCUT2D eigenvalue weighted by atomic mass is 9.79. The Bertz CT molecular complexity index is 936. The standard InChI is InChI=1S/C22H32N6OS/c1-4-19-9-20-21(30-19)5-8-29-22(20)6-7-27(16(2)10-22)14-18-15-28(25-24-18)13-17-11-23-26(3)12-17/h9,11-12,15-16,24-25H,4-8,10,13-14H2,1-3H3/t16-,22+/m0/s1. The number of likely N-dealkylation sites (tertiary alicyclic amines) is 1. The zero-order valence-electron chi connectivity index (χ0n) is 18.1. The van der Waals surface area contributed by atoms with E-state index in [4.69, 9.17) is 4.74 Å². The van der Waals surface area contributed by atoms with E-state index in [-0.39, 0.29) is 5.60 Å². The van der Waals surface area contributed by atoms with Crippen LogP contribution in [0.5, 0.6) is 0 Å². The van der Waals surface area contributed by atoms with Crippen LogP contribution in [0.4, 0.5) is 0 Å². The molecule has 2 aromatic rings. The maximum Gasteiger partial charge on any atom is 0.0969 e. The maximum absolute atomic E-state index is 6.49. The van der Waals surface area contributed by atoms with E-state index >= 15 is 0 Å². The quantitative estimate of drug-likeness (QED) is 0.764. The summed E-state index contributed by atoms with van der Waals surface area (Å²) in [5, 5.41) is 6.33. The van der Waals surface area contributed by atoms with Crippen molar-refractivity contribution in [2.24, 2.45) is 7.05 Å². The lowest BCUT2D eigenvalue weighted by Crippen LogP contribution is -2.51. The average Bonchev–Trinajstić information content (AvgIpc) is 3.45. The number of hydrogen-bond donors (Lipinski definition) is 2. The van der Waals surface area contributed by atoms with Gasteiger partial charge in [-0.2, -0.15) is 5.10 Å². The van der Waals surface area contributed by atoms with Crippen molar-refractivity contribution in [2.75, 3.05) is 19.7 Å². The molecular weight excluding hydrogens is 396 g/mol. The number of fused-ring (bicyclic) bond motifs is 2. The van der Waals surface area contributed by atoms with Crippen molar-refractivity contribution in [3.8, 4) is 0 Å². The summed E-state index contributed by atoms with van der Waals surface area (Å²) in [4.78, 5) is 5.64. The van der Waals surface area contributed by atoms with Crippen LogP contribution < -0.4 is 11.0 Å². The first-order valence-electron chi connectivity index (χ1n) is 11.0. The summed E-state index contributed by atoms with van der Waals surface area (Å²) in [5.41, 5.74) is 10.4. The van der Waals surface area contributed by atoms with E-state index in [0.29, 0.717) is 6.04 Å². The zero-order valence-corrected chi connectivity index (χ0v) is 19.0. The molecule has 162 valence electrons. The van der Waals surface area contributed by atoms with Gasteiger partial charge in [0.25, 0.3) is 0 Å². The number of nitrogens with zero attached hydrogens (tertiary/aromatic N) is 4. The number of hydrazine groups is 2. The first kappa shape index (κ1) is 20.1. The van der Waals surface area contributed by atoms with Crippen molar-refractivity contribution in [3.63, 3.8) is 0 Å². The Morgan fingerprint density at radius 2 is 2.27 bits per heavy atom. The number of aromatic nitrogens is 2. The van der Waals surface area contributed by atoms with Gasteiger partial charge >= 0.3 is 0 Å². The maximum atomic E-state index is 6.49. The lowest BCUT2D eigenvalue weighted by Gasteiger charge is -2.47. The van der Waals surface area contributed by atoms with E-state index in [9.17, 15) is 0 Å². The number of nitrogens with one attached hydrogen (secondary N) is 2. The minimum absolute atomic E-state index is 0.0739. The highest BCUT2D eigenvalue weighted by atomic mass is 32.1. The largest absolute Gasteiger partial charge is 0.370 e. The average molecular weight is 429 g/mol. The molecule has 0 unspecified atom stereocenters. The van der Waals surface area contributed by atoms with E-state index in [1.165, 1.54) is 21.7 Å². The molecule has 0 saturated carbocycles. The Kier molecular flexibility index (Phi) is 5.35. The Balaban J connectivity index is 1.23. The molecule has 8 heteroatoms. The SMILES string of the molecule is CCc1cc2c(s1)CCO[C@@]21CCN(CC2=CN(Cc3cnn(C)c3)NN2)[C@@H](C)C1. The van der Waals surface area contributed by atoms with Crippen molar-refractivity contribution in [3.05, 3.63) is 51.2 Å². The van der Waals surface area contributed by atoms with E-state index in [2.05, 4.69) is 52.1 Å². The number of piperidine rings is 1. The van der Waals surface area contributed by atoms with Crippen LogP contribution in [0.2, 0.25) is 0 Å². The van der Waals surface area contributed by atoms with E-state index in [1.54, 1.807) is 4.88 Å². The summed E-state index contributed by atoms with van der Waals surface area (Å²) < 4.78 is 8.32. The van der Waals surface area contributed by atoms with Gasteiger partial charge in [0, 0.05) is 60.3 Å². The molecule has 5 heterocycles. The van der Waals surface area contributed by atoms with Crippen molar-refractivity contribution in [1.82, 2.24) is 30.6 Å². The van der Waals surface area contributed by atoms with E-state index < -0.39 is 0 Å². The molecular formula is C22H32N6OS. The topological polar surface area (TPSA) is 57.6 Å². The molecule has 2 N–H and O–H groups in total. The molecule has 30 heavy (non-hydrogen) atoms. The molecule has 0 aromatic carbocycles. The monoisotopic (exact) mass is 428 g/mol. The summed E-state index contributed by atoms with van der Waals surface area (Å²) in [6.45, 7) is 8.23. The van der Waals surface area contributed by atoms with E-state index in [0.717, 1.165) is 51.9 Å². The summed E-state index contributed by atoms with van der Waals surface area (Å²) in [7, 11) is 1.95. The van der Waals surface area contributed by atoms with Crippen molar-refractivity contribution in [1.29, 1.82) is 0 Å². The number of hydrogen-bond acceptors (Lipinski definition) is 7. The van der Waals surface area contributed by atoms with Crippen LogP contribution in [0.15, 0.2) is 30.4 Å². The molecule has 1 fully saturated rings. The second-order valence-electron chi connectivity index (χ2n) is 8.81. The van der Waals surface area contributed by atoms with Gasteiger partial charge in [-0.3, -0.25) is 14.6 Å². The van der Waals surface area contributed by atoms with Crippen molar-refractivity contribution < 1.29 is 4.74 Å². The second kappa shape index (κ2) is 8.00. The highest BCUT2D eigenvalue weighted by Crippen LogP contribution is 2.46. The molecule has 7 nitrogen and oxygen atoms in total. The molecule has 0 aliphatic carbocycles. The minimum atomic E-state index is -0.0739. The van der Waals surface area contributed by atoms with Gasteiger partial charge in [-0.1, -0.05) is 6.92 Å². The minimum Gasteiger partial charge on any atom is -0.370 e. The third-order valence-corrected chi connectivity index (χ3v) is 7.95. The predicted molar refractivity (Wildman–Crippen MR) is 118 cm³/mol. The summed E-state index contributed by atoms with van der Waals surface area (Å²) in [6.07, 6.45) is 10.5. The normalized spacial score (nSPS) is 26.7. The Morgan fingerprint density at radius 1 is 1.37 bits per heavy atom. The summed E-state index contributed by atoms with van der Waals surface area (Å²) in [6, 6.07) is 2.91. The molecule has 0 amide bonds. The van der Waals surface area contributed by atoms with Crippen LogP contribution in [0.1, 0.15) is 47.6 Å². The predicted octanol–water partition coefficient (Wildman–Crippen LogP) is 2.66. The van der Waals surface area contributed by atoms with Crippen LogP contribution in [0.3, 0.4) is 0 Å². The molecule has 3 aliphatic heterocycles.